The van der Waals surface area contributed by atoms with E-state index in [0.717, 1.165) is 25.2 Å². The molecule has 98 valence electrons. The third-order valence-corrected chi connectivity index (χ3v) is 3.49. The van der Waals surface area contributed by atoms with Gasteiger partial charge in [0.05, 0.1) is 11.3 Å². The molecule has 1 saturated heterocycles. The maximum absolute atomic E-state index is 11.5. The summed E-state index contributed by atoms with van der Waals surface area (Å²) >= 11 is 6.00. The Bertz CT molecular complexity index is 454. The Balaban J connectivity index is 2.36. The summed E-state index contributed by atoms with van der Waals surface area (Å²) in [6, 6.07) is 5.25. The van der Waals surface area contributed by atoms with Crippen molar-refractivity contribution in [3.63, 3.8) is 0 Å². The molecule has 1 aliphatic heterocycles. The van der Waals surface area contributed by atoms with E-state index in [0.29, 0.717) is 16.5 Å². The van der Waals surface area contributed by atoms with Gasteiger partial charge in [0, 0.05) is 24.2 Å². The van der Waals surface area contributed by atoms with Crippen molar-refractivity contribution in [2.24, 2.45) is 17.4 Å². The second-order valence-electron chi connectivity index (χ2n) is 5.03. The van der Waals surface area contributed by atoms with Gasteiger partial charge in [-0.15, -0.1) is 0 Å². The lowest BCUT2D eigenvalue weighted by Gasteiger charge is -2.37. The number of carbonyl (C=O) groups excluding carboxylic acids is 1. The molecule has 0 bridgehead atoms. The van der Waals surface area contributed by atoms with Crippen molar-refractivity contribution in [1.82, 2.24) is 0 Å². The molecule has 0 saturated carbocycles. The molecular formula is C13H18ClN3O. The second kappa shape index (κ2) is 5.16. The number of nitrogens with two attached hydrogens (primary N) is 2. The molecule has 1 aromatic carbocycles. The van der Waals surface area contributed by atoms with E-state index in [4.69, 9.17) is 23.1 Å². The number of primary amides is 1. The van der Waals surface area contributed by atoms with Crippen LogP contribution in [-0.2, 0) is 0 Å². The number of benzene rings is 1. The Morgan fingerprint density at radius 1 is 1.44 bits per heavy atom. The minimum Gasteiger partial charge on any atom is -0.369 e. The highest BCUT2D eigenvalue weighted by Crippen LogP contribution is 2.28. The van der Waals surface area contributed by atoms with Gasteiger partial charge in [-0.25, -0.2) is 0 Å². The van der Waals surface area contributed by atoms with Crippen LogP contribution in [-0.4, -0.2) is 25.0 Å². The average molecular weight is 268 g/mol. The summed E-state index contributed by atoms with van der Waals surface area (Å²) in [6.07, 6.45) is 1.00. The van der Waals surface area contributed by atoms with Gasteiger partial charge >= 0.3 is 0 Å². The lowest BCUT2D eigenvalue weighted by molar-refractivity contribution is 0.100. The number of halogens is 1. The Kier molecular flexibility index (Phi) is 3.78. The van der Waals surface area contributed by atoms with E-state index in [2.05, 4.69) is 11.8 Å². The first-order valence-electron chi connectivity index (χ1n) is 6.07. The van der Waals surface area contributed by atoms with Gasteiger partial charge in [0.1, 0.15) is 0 Å². The number of anilines is 1. The second-order valence-corrected chi connectivity index (χ2v) is 5.47. The summed E-state index contributed by atoms with van der Waals surface area (Å²) < 4.78 is 0. The minimum atomic E-state index is -0.437. The first-order valence-corrected chi connectivity index (χ1v) is 6.45. The van der Waals surface area contributed by atoms with Crippen molar-refractivity contribution >= 4 is 23.2 Å². The molecule has 1 amide bonds. The van der Waals surface area contributed by atoms with Crippen LogP contribution < -0.4 is 16.4 Å². The zero-order valence-corrected chi connectivity index (χ0v) is 11.2. The van der Waals surface area contributed by atoms with Gasteiger partial charge in [-0.05, 0) is 30.5 Å². The molecule has 2 unspecified atom stereocenters. The van der Waals surface area contributed by atoms with Crippen molar-refractivity contribution in [1.29, 1.82) is 0 Å². The van der Waals surface area contributed by atoms with Gasteiger partial charge in [-0.3, -0.25) is 4.79 Å². The number of hydrogen-bond acceptors (Lipinski definition) is 3. The number of carbonyl (C=O) groups is 1. The SMILES string of the molecule is CC1CC(N)CN(c2cc(Cl)ccc2C(N)=O)C1. The van der Waals surface area contributed by atoms with E-state index in [1.807, 2.05) is 0 Å². The summed E-state index contributed by atoms with van der Waals surface area (Å²) in [6.45, 7) is 3.75. The quantitative estimate of drug-likeness (QED) is 0.855. The summed E-state index contributed by atoms with van der Waals surface area (Å²) in [7, 11) is 0. The standard InChI is InChI=1S/C13H18ClN3O/c1-8-4-10(15)7-17(6-8)12-5-9(14)2-3-11(12)13(16)18/h2-3,5,8,10H,4,6-7,15H2,1H3,(H2,16,18). The van der Waals surface area contributed by atoms with Crippen molar-refractivity contribution < 1.29 is 4.79 Å². The van der Waals surface area contributed by atoms with Crippen LogP contribution in [0.25, 0.3) is 0 Å². The van der Waals surface area contributed by atoms with Crippen LogP contribution in [0.15, 0.2) is 18.2 Å². The number of amides is 1. The van der Waals surface area contributed by atoms with Crippen LogP contribution in [0.1, 0.15) is 23.7 Å². The molecule has 5 heteroatoms. The zero-order chi connectivity index (χ0) is 13.3. The highest BCUT2D eigenvalue weighted by molar-refractivity contribution is 6.31. The summed E-state index contributed by atoms with van der Waals surface area (Å²) in [5.41, 5.74) is 12.7. The predicted molar refractivity (Wildman–Crippen MR) is 73.9 cm³/mol. The molecule has 1 heterocycles. The van der Waals surface area contributed by atoms with Crippen LogP contribution in [0.3, 0.4) is 0 Å². The molecule has 1 aliphatic rings. The molecular weight excluding hydrogens is 250 g/mol. The average Bonchev–Trinajstić information content (AvgIpc) is 2.27. The number of piperidine rings is 1. The summed E-state index contributed by atoms with van der Waals surface area (Å²) in [4.78, 5) is 13.6. The minimum absolute atomic E-state index is 0.119. The lowest BCUT2D eigenvalue weighted by Crippen LogP contribution is -2.47. The monoisotopic (exact) mass is 267 g/mol. The normalized spacial score (nSPS) is 24.1. The molecule has 1 fully saturated rings. The van der Waals surface area contributed by atoms with Crippen molar-refractivity contribution in [3.05, 3.63) is 28.8 Å². The van der Waals surface area contributed by atoms with Gasteiger partial charge < -0.3 is 16.4 Å². The van der Waals surface area contributed by atoms with Crippen molar-refractivity contribution in [2.75, 3.05) is 18.0 Å². The van der Waals surface area contributed by atoms with E-state index in [1.54, 1.807) is 18.2 Å². The first-order chi connectivity index (χ1) is 8.47. The fourth-order valence-electron chi connectivity index (χ4n) is 2.57. The van der Waals surface area contributed by atoms with E-state index < -0.39 is 5.91 Å². The molecule has 18 heavy (non-hydrogen) atoms. The number of nitrogens with zero attached hydrogens (tertiary/aromatic N) is 1. The fraction of sp³-hybridized carbons (Fsp3) is 0.462. The van der Waals surface area contributed by atoms with Crippen molar-refractivity contribution in [2.45, 2.75) is 19.4 Å². The molecule has 0 radical (unpaired) electrons. The Morgan fingerprint density at radius 2 is 2.17 bits per heavy atom. The van der Waals surface area contributed by atoms with Crippen LogP contribution in [0.4, 0.5) is 5.69 Å². The van der Waals surface area contributed by atoms with Crippen LogP contribution in [0.5, 0.6) is 0 Å². The Labute approximate surface area is 112 Å². The third-order valence-electron chi connectivity index (χ3n) is 3.26. The smallest absolute Gasteiger partial charge is 0.250 e. The Hall–Kier alpha value is -1.26. The highest BCUT2D eigenvalue weighted by Gasteiger charge is 2.25. The van der Waals surface area contributed by atoms with Crippen LogP contribution in [0.2, 0.25) is 5.02 Å². The highest BCUT2D eigenvalue weighted by atomic mass is 35.5. The van der Waals surface area contributed by atoms with Gasteiger partial charge in [0.25, 0.3) is 5.91 Å². The van der Waals surface area contributed by atoms with Gasteiger partial charge in [0.2, 0.25) is 0 Å². The molecule has 2 atom stereocenters. The molecule has 1 aromatic rings. The largest absolute Gasteiger partial charge is 0.369 e. The Morgan fingerprint density at radius 3 is 2.78 bits per heavy atom. The molecule has 2 rings (SSSR count). The lowest BCUT2D eigenvalue weighted by atomic mass is 9.95. The van der Waals surface area contributed by atoms with Gasteiger partial charge in [0.15, 0.2) is 0 Å². The topological polar surface area (TPSA) is 72.3 Å². The van der Waals surface area contributed by atoms with E-state index in [1.165, 1.54) is 0 Å². The zero-order valence-electron chi connectivity index (χ0n) is 10.4. The molecule has 4 N–H and O–H groups in total. The predicted octanol–water partition coefficient (Wildman–Crippen LogP) is 1.61. The maximum Gasteiger partial charge on any atom is 0.250 e. The molecule has 0 aliphatic carbocycles. The van der Waals surface area contributed by atoms with Crippen LogP contribution in [0, 0.1) is 5.92 Å². The van der Waals surface area contributed by atoms with E-state index in [9.17, 15) is 4.79 Å². The van der Waals surface area contributed by atoms with E-state index >= 15 is 0 Å². The number of rotatable bonds is 2. The van der Waals surface area contributed by atoms with E-state index in [-0.39, 0.29) is 6.04 Å². The fourth-order valence-corrected chi connectivity index (χ4v) is 2.74. The van der Waals surface area contributed by atoms with Gasteiger partial charge in [-0.1, -0.05) is 18.5 Å². The number of hydrogen-bond donors (Lipinski definition) is 2. The van der Waals surface area contributed by atoms with Gasteiger partial charge in [-0.2, -0.15) is 0 Å². The molecule has 4 nitrogen and oxygen atoms in total. The maximum atomic E-state index is 11.5. The summed E-state index contributed by atoms with van der Waals surface area (Å²) in [5.74, 6) is 0.0573. The van der Waals surface area contributed by atoms with Crippen molar-refractivity contribution in [3.8, 4) is 0 Å². The third kappa shape index (κ3) is 2.76. The first kappa shape index (κ1) is 13.2. The summed E-state index contributed by atoms with van der Waals surface area (Å²) in [5, 5.41) is 0.599. The molecule has 0 spiro atoms. The molecule has 0 aromatic heterocycles. The van der Waals surface area contributed by atoms with Crippen LogP contribution >= 0.6 is 11.6 Å².